The molecule has 23 heavy (non-hydrogen) atoms. The average Bonchev–Trinajstić information content (AvgIpc) is 2.85. The Hall–Kier alpha value is -2.08. The fraction of sp³-hybridized carbons (Fsp3) is 0.529. The van der Waals surface area contributed by atoms with Gasteiger partial charge in [-0.25, -0.2) is 4.79 Å². The number of hydrogen-bond donors (Lipinski definition) is 3. The SMILES string of the molecule is O=C(O)CC1(NC(=O)OCc2ccccc2)CC2CCC(C1)N2. The molecule has 0 aromatic heterocycles. The number of benzene rings is 1. The number of hydrogen-bond acceptors (Lipinski definition) is 4. The Morgan fingerprint density at radius 3 is 2.48 bits per heavy atom. The van der Waals surface area contributed by atoms with Gasteiger partial charge in [-0.2, -0.15) is 0 Å². The van der Waals surface area contributed by atoms with Crippen LogP contribution in [0.15, 0.2) is 30.3 Å². The highest BCUT2D eigenvalue weighted by Crippen LogP contribution is 2.36. The van der Waals surface area contributed by atoms with Crippen molar-refractivity contribution < 1.29 is 19.4 Å². The number of fused-ring (bicyclic) bond motifs is 2. The molecule has 3 rings (SSSR count). The van der Waals surface area contributed by atoms with Gasteiger partial charge in [-0.05, 0) is 31.2 Å². The molecule has 1 amide bonds. The second-order valence-corrected chi connectivity index (χ2v) is 6.58. The van der Waals surface area contributed by atoms with E-state index in [1.807, 2.05) is 30.3 Å². The summed E-state index contributed by atoms with van der Waals surface area (Å²) in [6, 6.07) is 9.98. The topological polar surface area (TPSA) is 87.7 Å². The van der Waals surface area contributed by atoms with Crippen LogP contribution in [0, 0.1) is 0 Å². The van der Waals surface area contributed by atoms with Crippen molar-refractivity contribution in [2.75, 3.05) is 0 Å². The number of carboxylic acids is 1. The molecule has 0 aliphatic carbocycles. The monoisotopic (exact) mass is 318 g/mol. The van der Waals surface area contributed by atoms with Crippen molar-refractivity contribution in [3.05, 3.63) is 35.9 Å². The Labute approximate surface area is 135 Å². The number of carbonyl (C=O) groups is 2. The van der Waals surface area contributed by atoms with Crippen LogP contribution >= 0.6 is 0 Å². The molecule has 2 aliphatic heterocycles. The molecule has 6 nitrogen and oxygen atoms in total. The number of rotatable bonds is 5. The number of ether oxygens (including phenoxy) is 1. The van der Waals surface area contributed by atoms with Crippen LogP contribution in [-0.4, -0.2) is 34.8 Å². The van der Waals surface area contributed by atoms with Gasteiger partial charge in [0.05, 0.1) is 12.0 Å². The number of alkyl carbamates (subject to hydrolysis) is 1. The number of piperidine rings is 1. The third kappa shape index (κ3) is 4.01. The lowest BCUT2D eigenvalue weighted by molar-refractivity contribution is -0.139. The van der Waals surface area contributed by atoms with E-state index in [-0.39, 0.29) is 25.1 Å². The van der Waals surface area contributed by atoms with Crippen LogP contribution in [-0.2, 0) is 16.1 Å². The summed E-state index contributed by atoms with van der Waals surface area (Å²) >= 11 is 0. The lowest BCUT2D eigenvalue weighted by Gasteiger charge is -2.40. The van der Waals surface area contributed by atoms with Crippen LogP contribution in [0.2, 0.25) is 0 Å². The van der Waals surface area contributed by atoms with Gasteiger partial charge in [0, 0.05) is 12.1 Å². The standard InChI is InChI=1S/C17H22N2O4/c20-15(21)10-17(8-13-6-7-14(9-17)18-13)19-16(22)23-11-12-4-2-1-3-5-12/h1-5,13-14,18H,6-11H2,(H,19,22)(H,20,21). The van der Waals surface area contributed by atoms with Gasteiger partial charge < -0.3 is 20.5 Å². The zero-order chi connectivity index (χ0) is 16.3. The minimum absolute atomic E-state index is 0.0673. The van der Waals surface area contributed by atoms with Gasteiger partial charge in [0.1, 0.15) is 6.61 Å². The van der Waals surface area contributed by atoms with Crippen molar-refractivity contribution in [3.63, 3.8) is 0 Å². The highest BCUT2D eigenvalue weighted by atomic mass is 16.5. The second-order valence-electron chi connectivity index (χ2n) is 6.58. The molecular weight excluding hydrogens is 296 g/mol. The Kier molecular flexibility index (Phi) is 4.52. The van der Waals surface area contributed by atoms with Gasteiger partial charge in [-0.1, -0.05) is 30.3 Å². The van der Waals surface area contributed by atoms with E-state index < -0.39 is 17.6 Å². The molecule has 1 aromatic rings. The summed E-state index contributed by atoms with van der Waals surface area (Å²) < 4.78 is 5.26. The minimum atomic E-state index is -0.894. The van der Waals surface area contributed by atoms with Crippen molar-refractivity contribution >= 4 is 12.1 Å². The summed E-state index contributed by atoms with van der Waals surface area (Å²) in [6.45, 7) is 0.181. The second kappa shape index (κ2) is 6.58. The molecule has 2 heterocycles. The zero-order valence-electron chi connectivity index (χ0n) is 13.0. The Morgan fingerprint density at radius 1 is 1.22 bits per heavy atom. The van der Waals surface area contributed by atoms with Crippen LogP contribution in [0.5, 0.6) is 0 Å². The summed E-state index contributed by atoms with van der Waals surface area (Å²) in [6.07, 6.45) is 2.73. The molecule has 1 aromatic carbocycles. The Bertz CT molecular complexity index is 563. The largest absolute Gasteiger partial charge is 0.481 e. The third-order valence-electron chi connectivity index (χ3n) is 4.68. The molecular formula is C17H22N2O4. The molecule has 6 heteroatoms. The molecule has 0 spiro atoms. The molecule has 2 unspecified atom stereocenters. The van der Waals surface area contributed by atoms with E-state index in [1.54, 1.807) is 0 Å². The number of nitrogens with one attached hydrogen (secondary N) is 2. The maximum atomic E-state index is 12.2. The quantitative estimate of drug-likeness (QED) is 0.773. The molecule has 2 atom stereocenters. The summed E-state index contributed by atoms with van der Waals surface area (Å²) in [5, 5.41) is 15.5. The van der Waals surface area contributed by atoms with Crippen LogP contribution in [0.4, 0.5) is 4.79 Å². The van der Waals surface area contributed by atoms with E-state index in [0.29, 0.717) is 12.8 Å². The summed E-state index contributed by atoms with van der Waals surface area (Å²) in [4.78, 5) is 23.4. The van der Waals surface area contributed by atoms with Gasteiger partial charge in [0.2, 0.25) is 0 Å². The van der Waals surface area contributed by atoms with Gasteiger partial charge >= 0.3 is 12.1 Å². The van der Waals surface area contributed by atoms with Crippen molar-refractivity contribution in [3.8, 4) is 0 Å². The fourth-order valence-corrected chi connectivity index (χ4v) is 3.81. The molecule has 2 bridgehead atoms. The van der Waals surface area contributed by atoms with Crippen LogP contribution in [0.3, 0.4) is 0 Å². The Morgan fingerprint density at radius 2 is 1.87 bits per heavy atom. The first-order valence-electron chi connectivity index (χ1n) is 8.01. The number of carboxylic acid groups (broad SMARTS) is 1. The van der Waals surface area contributed by atoms with Crippen LogP contribution < -0.4 is 10.6 Å². The highest BCUT2D eigenvalue weighted by molar-refractivity contribution is 5.73. The van der Waals surface area contributed by atoms with Crippen LogP contribution in [0.25, 0.3) is 0 Å². The minimum Gasteiger partial charge on any atom is -0.481 e. The third-order valence-corrected chi connectivity index (χ3v) is 4.68. The van der Waals surface area contributed by atoms with Gasteiger partial charge in [-0.15, -0.1) is 0 Å². The van der Waals surface area contributed by atoms with Gasteiger partial charge in [-0.3, -0.25) is 4.79 Å². The lowest BCUT2D eigenvalue weighted by atomic mass is 9.81. The average molecular weight is 318 g/mol. The summed E-state index contributed by atoms with van der Waals surface area (Å²) in [7, 11) is 0. The summed E-state index contributed by atoms with van der Waals surface area (Å²) in [5.41, 5.74) is 0.191. The van der Waals surface area contributed by atoms with Crippen LogP contribution in [0.1, 0.15) is 37.7 Å². The maximum absolute atomic E-state index is 12.2. The normalized spacial score (nSPS) is 29.0. The number of carbonyl (C=O) groups excluding carboxylic acids is 1. The summed E-state index contributed by atoms with van der Waals surface area (Å²) in [5.74, 6) is -0.894. The molecule has 0 radical (unpaired) electrons. The van der Waals surface area contributed by atoms with E-state index >= 15 is 0 Å². The number of amides is 1. The first-order chi connectivity index (χ1) is 11.0. The highest BCUT2D eigenvalue weighted by Gasteiger charge is 2.46. The van der Waals surface area contributed by atoms with E-state index in [4.69, 9.17) is 4.74 Å². The van der Waals surface area contributed by atoms with Crippen molar-refractivity contribution in [2.24, 2.45) is 0 Å². The first kappa shape index (κ1) is 15.8. The van der Waals surface area contributed by atoms with Gasteiger partial charge in [0.15, 0.2) is 0 Å². The number of aliphatic carboxylic acids is 1. The predicted octanol–water partition coefficient (Wildman–Crippen LogP) is 2.04. The van der Waals surface area contributed by atoms with E-state index in [1.165, 1.54) is 0 Å². The molecule has 124 valence electrons. The molecule has 2 aliphatic rings. The molecule has 2 saturated heterocycles. The van der Waals surface area contributed by atoms with Crippen molar-refractivity contribution in [2.45, 2.75) is 56.3 Å². The predicted molar refractivity (Wildman–Crippen MR) is 83.9 cm³/mol. The smallest absolute Gasteiger partial charge is 0.407 e. The fourth-order valence-electron chi connectivity index (χ4n) is 3.81. The first-order valence-corrected chi connectivity index (χ1v) is 8.01. The maximum Gasteiger partial charge on any atom is 0.407 e. The lowest BCUT2D eigenvalue weighted by Crippen LogP contribution is -2.58. The molecule has 3 N–H and O–H groups in total. The van der Waals surface area contributed by atoms with Crippen molar-refractivity contribution in [1.82, 2.24) is 10.6 Å². The van der Waals surface area contributed by atoms with E-state index in [9.17, 15) is 14.7 Å². The molecule has 0 saturated carbocycles. The van der Waals surface area contributed by atoms with Gasteiger partial charge in [0.25, 0.3) is 0 Å². The molecule has 2 fully saturated rings. The Balaban J connectivity index is 1.62. The van der Waals surface area contributed by atoms with E-state index in [2.05, 4.69) is 10.6 Å². The van der Waals surface area contributed by atoms with Crippen molar-refractivity contribution in [1.29, 1.82) is 0 Å². The van der Waals surface area contributed by atoms with E-state index in [0.717, 1.165) is 18.4 Å². The zero-order valence-corrected chi connectivity index (χ0v) is 13.0.